The van der Waals surface area contributed by atoms with Gasteiger partial charge in [0.25, 0.3) is 5.91 Å². The van der Waals surface area contributed by atoms with Gasteiger partial charge in [-0.05, 0) is 66.4 Å². The van der Waals surface area contributed by atoms with E-state index in [1.165, 1.54) is 25.3 Å². The number of nitrogens with one attached hydrogen (secondary N) is 1. The minimum atomic E-state index is -3.49. The molecule has 1 aliphatic rings. The highest BCUT2D eigenvalue weighted by Gasteiger charge is 2.24. The Morgan fingerprint density at radius 3 is 2.30 bits per heavy atom. The lowest BCUT2D eigenvalue weighted by Gasteiger charge is -2.30. The van der Waals surface area contributed by atoms with Crippen molar-refractivity contribution in [2.24, 2.45) is 0 Å². The van der Waals surface area contributed by atoms with Crippen LogP contribution in [0.1, 0.15) is 23.6 Å². The Labute approximate surface area is 177 Å². The molecule has 0 unspecified atom stereocenters. The second-order valence-corrected chi connectivity index (χ2v) is 10.0. The third-order valence-corrected chi connectivity index (χ3v) is 7.25. The molecule has 1 heterocycles. The van der Waals surface area contributed by atoms with Crippen molar-refractivity contribution in [3.05, 3.63) is 47.0 Å². The number of Topliss-reactive ketones (excluding diaryl/α,β-unsaturated/α-hetero) is 1. The van der Waals surface area contributed by atoms with Gasteiger partial charge in [-0.25, -0.2) is 12.7 Å². The van der Waals surface area contributed by atoms with Crippen molar-refractivity contribution in [2.75, 3.05) is 33.0 Å². The Kier molecular flexibility index (Phi) is 6.12. The molecule has 1 amide bonds. The van der Waals surface area contributed by atoms with Crippen LogP contribution in [0.2, 0.25) is 0 Å². The van der Waals surface area contributed by atoms with E-state index in [9.17, 15) is 18.0 Å². The average molecular weight is 430 g/mol. The number of carbonyl (C=O) groups is 2. The third-order valence-electron chi connectivity index (χ3n) is 5.42. The van der Waals surface area contributed by atoms with E-state index in [1.807, 2.05) is 32.2 Å². The summed E-state index contributed by atoms with van der Waals surface area (Å²) in [6.07, 6.45) is 0.794. The van der Waals surface area contributed by atoms with E-state index in [0.717, 1.165) is 40.8 Å². The molecule has 0 spiro atoms. The molecule has 2 aromatic rings. The van der Waals surface area contributed by atoms with Gasteiger partial charge in [-0.3, -0.25) is 9.59 Å². The van der Waals surface area contributed by atoms with Gasteiger partial charge in [0, 0.05) is 39.8 Å². The first-order chi connectivity index (χ1) is 14.0. The zero-order valence-electron chi connectivity index (χ0n) is 17.9. The van der Waals surface area contributed by atoms with Gasteiger partial charge in [0.1, 0.15) is 0 Å². The molecular weight excluding hydrogens is 402 g/mol. The molecule has 0 fully saturated rings. The number of benzene rings is 2. The quantitative estimate of drug-likeness (QED) is 0.738. The minimum absolute atomic E-state index is 0.243. The molecule has 0 saturated heterocycles. The summed E-state index contributed by atoms with van der Waals surface area (Å²) >= 11 is 0. The summed E-state index contributed by atoms with van der Waals surface area (Å²) in [4.78, 5) is 25.9. The van der Waals surface area contributed by atoms with E-state index in [2.05, 4.69) is 10.2 Å². The summed E-state index contributed by atoms with van der Waals surface area (Å²) in [5.41, 5.74) is 5.59. The molecule has 30 heavy (non-hydrogen) atoms. The fourth-order valence-electron chi connectivity index (χ4n) is 3.69. The number of amides is 1. The van der Waals surface area contributed by atoms with Crippen LogP contribution in [0.15, 0.2) is 35.2 Å². The molecule has 0 saturated carbocycles. The van der Waals surface area contributed by atoms with Crippen LogP contribution in [0.4, 0.5) is 5.69 Å². The first-order valence-corrected chi connectivity index (χ1v) is 11.1. The standard InChI is InChI=1S/C22H27N3O4S/c1-14-12-19(16-6-8-17(9-7-16)30(28,29)24(3)4)18-10-11-25(5)13-20(18)21(14)23-22(27)15(2)26/h6-9,12H,10-11,13H2,1-5H3,(H,23,27). The van der Waals surface area contributed by atoms with Crippen LogP contribution in [-0.4, -0.2) is 57.0 Å². The summed E-state index contributed by atoms with van der Waals surface area (Å²) < 4.78 is 25.9. The monoisotopic (exact) mass is 429 g/mol. The number of fused-ring (bicyclic) bond motifs is 1. The van der Waals surface area contributed by atoms with Crippen LogP contribution in [-0.2, 0) is 32.6 Å². The maximum absolute atomic E-state index is 12.4. The molecule has 0 bridgehead atoms. The number of carbonyl (C=O) groups excluding carboxylic acids is 2. The number of anilines is 1. The summed E-state index contributed by atoms with van der Waals surface area (Å²) in [5, 5.41) is 2.78. The van der Waals surface area contributed by atoms with E-state index in [-0.39, 0.29) is 4.90 Å². The van der Waals surface area contributed by atoms with Crippen molar-refractivity contribution in [3.8, 4) is 11.1 Å². The van der Waals surface area contributed by atoms with Crippen molar-refractivity contribution in [3.63, 3.8) is 0 Å². The fraction of sp³-hybridized carbons (Fsp3) is 0.364. The molecule has 8 heteroatoms. The molecular formula is C22H27N3O4S. The van der Waals surface area contributed by atoms with Crippen LogP contribution in [0.5, 0.6) is 0 Å². The van der Waals surface area contributed by atoms with Crippen LogP contribution in [0, 0.1) is 6.92 Å². The van der Waals surface area contributed by atoms with Crippen molar-refractivity contribution in [2.45, 2.75) is 31.7 Å². The molecule has 2 aromatic carbocycles. The number of nitrogens with zero attached hydrogens (tertiary/aromatic N) is 2. The van der Waals surface area contributed by atoms with Gasteiger partial charge in [-0.15, -0.1) is 0 Å². The van der Waals surface area contributed by atoms with E-state index in [0.29, 0.717) is 12.2 Å². The molecule has 1 N–H and O–H groups in total. The highest BCUT2D eigenvalue weighted by Crippen LogP contribution is 2.37. The van der Waals surface area contributed by atoms with Gasteiger partial charge < -0.3 is 10.2 Å². The van der Waals surface area contributed by atoms with E-state index in [1.54, 1.807) is 12.1 Å². The fourth-order valence-corrected chi connectivity index (χ4v) is 4.59. The number of likely N-dealkylation sites (N-methyl/N-ethyl adjacent to an activating group) is 1. The highest BCUT2D eigenvalue weighted by molar-refractivity contribution is 7.89. The smallest absolute Gasteiger partial charge is 0.291 e. The third kappa shape index (κ3) is 4.16. The second kappa shape index (κ2) is 8.29. The number of hydrogen-bond acceptors (Lipinski definition) is 5. The summed E-state index contributed by atoms with van der Waals surface area (Å²) in [6.45, 7) is 4.68. The summed E-state index contributed by atoms with van der Waals surface area (Å²) in [6, 6.07) is 8.87. The number of ketones is 1. The largest absolute Gasteiger partial charge is 0.319 e. The van der Waals surface area contributed by atoms with Crippen LogP contribution in [0.3, 0.4) is 0 Å². The molecule has 0 atom stereocenters. The second-order valence-electron chi connectivity index (χ2n) is 7.88. The Hall–Kier alpha value is -2.55. The molecule has 0 aromatic heterocycles. The normalized spacial score (nSPS) is 14.5. The Morgan fingerprint density at radius 1 is 1.10 bits per heavy atom. The lowest BCUT2D eigenvalue weighted by molar-refractivity contribution is -0.133. The van der Waals surface area contributed by atoms with Crippen molar-refractivity contribution < 1.29 is 18.0 Å². The Balaban J connectivity index is 2.11. The van der Waals surface area contributed by atoms with Crippen molar-refractivity contribution in [1.82, 2.24) is 9.21 Å². The molecule has 7 nitrogen and oxygen atoms in total. The zero-order chi connectivity index (χ0) is 22.2. The van der Waals surface area contributed by atoms with Gasteiger partial charge in [0.05, 0.1) is 4.90 Å². The van der Waals surface area contributed by atoms with Crippen LogP contribution < -0.4 is 5.32 Å². The van der Waals surface area contributed by atoms with Gasteiger partial charge in [-0.2, -0.15) is 0 Å². The van der Waals surface area contributed by atoms with Gasteiger partial charge >= 0.3 is 0 Å². The zero-order valence-corrected chi connectivity index (χ0v) is 18.8. The number of sulfonamides is 1. The topological polar surface area (TPSA) is 86.8 Å². The number of hydrogen-bond donors (Lipinski definition) is 1. The van der Waals surface area contributed by atoms with Gasteiger partial charge in [0.15, 0.2) is 0 Å². The van der Waals surface area contributed by atoms with Crippen LogP contribution >= 0.6 is 0 Å². The first kappa shape index (κ1) is 22.1. The Bertz CT molecular complexity index is 1110. The predicted octanol–water partition coefficient (Wildman–Crippen LogP) is 2.43. The number of aryl methyl sites for hydroxylation is 1. The maximum Gasteiger partial charge on any atom is 0.291 e. The van der Waals surface area contributed by atoms with E-state index in [4.69, 9.17) is 0 Å². The summed E-state index contributed by atoms with van der Waals surface area (Å²) in [7, 11) is 1.54. The van der Waals surface area contributed by atoms with Gasteiger partial charge in [-0.1, -0.05) is 12.1 Å². The maximum atomic E-state index is 12.4. The molecule has 0 aliphatic carbocycles. The summed E-state index contributed by atoms with van der Waals surface area (Å²) in [5.74, 6) is -1.16. The van der Waals surface area contributed by atoms with E-state index >= 15 is 0 Å². The SMILES string of the molecule is CC(=O)C(=O)Nc1c(C)cc(-c2ccc(S(=O)(=O)N(C)C)cc2)c2c1CN(C)CC2. The van der Waals surface area contributed by atoms with Crippen LogP contribution in [0.25, 0.3) is 11.1 Å². The minimum Gasteiger partial charge on any atom is -0.319 e. The van der Waals surface area contributed by atoms with E-state index < -0.39 is 21.7 Å². The number of rotatable bonds is 5. The molecule has 1 aliphatic heterocycles. The molecule has 0 radical (unpaired) electrons. The Morgan fingerprint density at radius 2 is 1.73 bits per heavy atom. The van der Waals surface area contributed by atoms with Gasteiger partial charge in [0.2, 0.25) is 15.8 Å². The highest BCUT2D eigenvalue weighted by atomic mass is 32.2. The lowest BCUT2D eigenvalue weighted by atomic mass is 9.87. The van der Waals surface area contributed by atoms with Crippen molar-refractivity contribution >= 4 is 27.4 Å². The first-order valence-electron chi connectivity index (χ1n) is 9.71. The van der Waals surface area contributed by atoms with Crippen molar-refractivity contribution in [1.29, 1.82) is 0 Å². The predicted molar refractivity (Wildman–Crippen MR) is 117 cm³/mol. The lowest BCUT2D eigenvalue weighted by Crippen LogP contribution is -2.29. The molecule has 3 rings (SSSR count). The average Bonchev–Trinajstić information content (AvgIpc) is 2.69. The molecule has 160 valence electrons.